The molecule has 0 saturated carbocycles. The molecule has 0 spiro atoms. The Balaban J connectivity index is 1.91. The third-order valence-electron chi connectivity index (χ3n) is 2.79. The van der Waals surface area contributed by atoms with Crippen molar-refractivity contribution in [2.45, 2.75) is 19.9 Å². The Kier molecular flexibility index (Phi) is 4.51. The number of aryl methyl sites for hydroxylation is 1. The number of hydrogen-bond donors (Lipinski definition) is 1. The van der Waals surface area contributed by atoms with Crippen LogP contribution < -0.4 is 5.32 Å². The Bertz CT molecular complexity index is 593. The molecule has 0 unspecified atom stereocenters. The standard InChI is InChI=1S/C14H13Cl2NO2/c1-9-11(4-5-19-9)8-17-14(18)7-10-2-3-12(15)13(16)6-10/h2-6H,7-8H2,1H3,(H,17,18). The van der Waals surface area contributed by atoms with Crippen molar-refractivity contribution in [3.05, 3.63) is 57.5 Å². The van der Waals surface area contributed by atoms with E-state index >= 15 is 0 Å². The highest BCUT2D eigenvalue weighted by molar-refractivity contribution is 6.42. The number of hydrogen-bond acceptors (Lipinski definition) is 2. The Hall–Kier alpha value is -1.45. The lowest BCUT2D eigenvalue weighted by atomic mass is 10.1. The predicted molar refractivity (Wildman–Crippen MR) is 75.5 cm³/mol. The maximum atomic E-state index is 11.8. The quantitative estimate of drug-likeness (QED) is 0.934. The number of carbonyl (C=O) groups excluding carboxylic acids is 1. The van der Waals surface area contributed by atoms with E-state index in [-0.39, 0.29) is 12.3 Å². The van der Waals surface area contributed by atoms with Crippen LogP contribution in [0.4, 0.5) is 0 Å². The Morgan fingerprint density at radius 3 is 2.68 bits per heavy atom. The summed E-state index contributed by atoms with van der Waals surface area (Å²) in [5, 5.41) is 3.78. The van der Waals surface area contributed by atoms with Crippen molar-refractivity contribution in [3.63, 3.8) is 0 Å². The number of furan rings is 1. The topological polar surface area (TPSA) is 42.2 Å². The first-order valence-electron chi connectivity index (χ1n) is 5.80. The van der Waals surface area contributed by atoms with Gasteiger partial charge in [-0.15, -0.1) is 0 Å². The van der Waals surface area contributed by atoms with Crippen molar-refractivity contribution in [2.75, 3.05) is 0 Å². The monoisotopic (exact) mass is 297 g/mol. The lowest BCUT2D eigenvalue weighted by Gasteiger charge is -2.05. The van der Waals surface area contributed by atoms with Crippen molar-refractivity contribution in [3.8, 4) is 0 Å². The van der Waals surface area contributed by atoms with Crippen LogP contribution in [-0.2, 0) is 17.8 Å². The molecule has 5 heteroatoms. The Morgan fingerprint density at radius 2 is 2.05 bits per heavy atom. The zero-order chi connectivity index (χ0) is 13.8. The number of nitrogens with one attached hydrogen (secondary N) is 1. The van der Waals surface area contributed by atoms with Crippen molar-refractivity contribution in [2.24, 2.45) is 0 Å². The van der Waals surface area contributed by atoms with Crippen LogP contribution in [0.25, 0.3) is 0 Å². The molecular weight excluding hydrogens is 285 g/mol. The zero-order valence-corrected chi connectivity index (χ0v) is 11.9. The summed E-state index contributed by atoms with van der Waals surface area (Å²) in [7, 11) is 0. The summed E-state index contributed by atoms with van der Waals surface area (Å²) in [5.41, 5.74) is 1.80. The van der Waals surface area contributed by atoms with Gasteiger partial charge < -0.3 is 9.73 Å². The molecule has 0 saturated heterocycles. The van der Waals surface area contributed by atoms with E-state index in [0.29, 0.717) is 16.6 Å². The third-order valence-corrected chi connectivity index (χ3v) is 3.53. The lowest BCUT2D eigenvalue weighted by molar-refractivity contribution is -0.120. The highest BCUT2D eigenvalue weighted by Gasteiger charge is 2.07. The van der Waals surface area contributed by atoms with Gasteiger partial charge in [-0.2, -0.15) is 0 Å². The van der Waals surface area contributed by atoms with E-state index in [1.165, 1.54) is 0 Å². The molecule has 0 atom stereocenters. The van der Waals surface area contributed by atoms with E-state index < -0.39 is 0 Å². The van der Waals surface area contributed by atoms with Gasteiger partial charge in [-0.1, -0.05) is 29.3 Å². The molecule has 1 aromatic carbocycles. The SMILES string of the molecule is Cc1occc1CNC(=O)Cc1ccc(Cl)c(Cl)c1. The van der Waals surface area contributed by atoms with Gasteiger partial charge in [0.05, 0.1) is 22.7 Å². The van der Waals surface area contributed by atoms with Crippen molar-refractivity contribution < 1.29 is 9.21 Å². The maximum absolute atomic E-state index is 11.8. The normalized spacial score (nSPS) is 10.5. The van der Waals surface area contributed by atoms with Crippen LogP contribution in [0.5, 0.6) is 0 Å². The molecule has 1 amide bonds. The third kappa shape index (κ3) is 3.75. The highest BCUT2D eigenvalue weighted by Crippen LogP contribution is 2.22. The second-order valence-corrected chi connectivity index (χ2v) is 5.02. The van der Waals surface area contributed by atoms with Gasteiger partial charge >= 0.3 is 0 Å². The van der Waals surface area contributed by atoms with Gasteiger partial charge in [-0.05, 0) is 30.7 Å². The Morgan fingerprint density at radius 1 is 1.26 bits per heavy atom. The minimum Gasteiger partial charge on any atom is -0.469 e. The fourth-order valence-electron chi connectivity index (χ4n) is 1.69. The molecule has 1 heterocycles. The summed E-state index contributed by atoms with van der Waals surface area (Å²) in [6, 6.07) is 7.02. The van der Waals surface area contributed by atoms with Gasteiger partial charge in [-0.25, -0.2) is 0 Å². The first-order chi connectivity index (χ1) is 9.06. The van der Waals surface area contributed by atoms with E-state index in [4.69, 9.17) is 27.6 Å². The van der Waals surface area contributed by atoms with Gasteiger partial charge in [0.15, 0.2) is 0 Å². The summed E-state index contributed by atoms with van der Waals surface area (Å²) in [4.78, 5) is 11.8. The van der Waals surface area contributed by atoms with Crippen LogP contribution in [0.3, 0.4) is 0 Å². The van der Waals surface area contributed by atoms with Crippen LogP contribution in [-0.4, -0.2) is 5.91 Å². The summed E-state index contributed by atoms with van der Waals surface area (Å²) >= 11 is 11.7. The number of rotatable bonds is 4. The Labute approximate surface area is 121 Å². The predicted octanol–water partition coefficient (Wildman–Crippen LogP) is 3.75. The summed E-state index contributed by atoms with van der Waals surface area (Å²) in [6.45, 7) is 2.32. The van der Waals surface area contributed by atoms with Crippen molar-refractivity contribution >= 4 is 29.1 Å². The molecule has 0 fully saturated rings. The van der Waals surface area contributed by atoms with Crippen LogP contribution in [0.1, 0.15) is 16.9 Å². The lowest BCUT2D eigenvalue weighted by Crippen LogP contribution is -2.24. The van der Waals surface area contributed by atoms with Gasteiger partial charge in [-0.3, -0.25) is 4.79 Å². The smallest absolute Gasteiger partial charge is 0.224 e. The molecule has 2 rings (SSSR count). The number of halogens is 2. The second-order valence-electron chi connectivity index (χ2n) is 4.20. The largest absolute Gasteiger partial charge is 0.469 e. The molecule has 0 radical (unpaired) electrons. The molecule has 19 heavy (non-hydrogen) atoms. The number of benzene rings is 1. The highest BCUT2D eigenvalue weighted by atomic mass is 35.5. The van der Waals surface area contributed by atoms with Crippen LogP contribution in [0.15, 0.2) is 34.9 Å². The fourth-order valence-corrected chi connectivity index (χ4v) is 2.01. The van der Waals surface area contributed by atoms with Crippen LogP contribution in [0, 0.1) is 6.92 Å². The second kappa shape index (κ2) is 6.13. The van der Waals surface area contributed by atoms with Crippen molar-refractivity contribution in [1.82, 2.24) is 5.32 Å². The molecule has 0 bridgehead atoms. The van der Waals surface area contributed by atoms with Crippen LogP contribution >= 0.6 is 23.2 Å². The first-order valence-corrected chi connectivity index (χ1v) is 6.55. The fraction of sp³-hybridized carbons (Fsp3) is 0.214. The summed E-state index contributed by atoms with van der Waals surface area (Å²) in [6.07, 6.45) is 1.88. The molecule has 0 aliphatic heterocycles. The van der Waals surface area contributed by atoms with E-state index in [0.717, 1.165) is 16.9 Å². The minimum atomic E-state index is -0.0704. The molecule has 2 aromatic rings. The number of amides is 1. The van der Waals surface area contributed by atoms with Gasteiger partial charge in [0.25, 0.3) is 0 Å². The molecule has 0 aliphatic carbocycles. The van der Waals surface area contributed by atoms with E-state index in [1.807, 2.05) is 13.0 Å². The van der Waals surface area contributed by atoms with Gasteiger partial charge in [0.2, 0.25) is 5.91 Å². The summed E-state index contributed by atoms with van der Waals surface area (Å²) < 4.78 is 5.16. The first kappa shape index (κ1) is 14.0. The van der Waals surface area contributed by atoms with E-state index in [2.05, 4.69) is 5.32 Å². The average molecular weight is 298 g/mol. The average Bonchev–Trinajstić information content (AvgIpc) is 2.77. The molecule has 1 N–H and O–H groups in total. The zero-order valence-electron chi connectivity index (χ0n) is 10.4. The molecule has 100 valence electrons. The van der Waals surface area contributed by atoms with Gasteiger partial charge in [0, 0.05) is 12.1 Å². The van der Waals surface area contributed by atoms with Gasteiger partial charge in [0.1, 0.15) is 5.76 Å². The molecule has 3 nitrogen and oxygen atoms in total. The molecule has 0 aliphatic rings. The minimum absolute atomic E-state index is 0.0704. The molecule has 1 aromatic heterocycles. The van der Waals surface area contributed by atoms with Crippen LogP contribution in [0.2, 0.25) is 10.0 Å². The number of carbonyl (C=O) groups is 1. The van der Waals surface area contributed by atoms with E-state index in [9.17, 15) is 4.79 Å². The summed E-state index contributed by atoms with van der Waals surface area (Å²) in [5.74, 6) is 0.744. The molecular formula is C14H13Cl2NO2. The maximum Gasteiger partial charge on any atom is 0.224 e. The van der Waals surface area contributed by atoms with E-state index in [1.54, 1.807) is 24.5 Å². The van der Waals surface area contributed by atoms with Crippen molar-refractivity contribution in [1.29, 1.82) is 0 Å².